The Morgan fingerprint density at radius 1 is 1.41 bits per heavy atom. The zero-order chi connectivity index (χ0) is 12.4. The van der Waals surface area contributed by atoms with Crippen LogP contribution in [0, 0.1) is 0 Å². The number of hydrogen-bond donors (Lipinski definition) is 1. The molecule has 88 valence electrons. The number of carbonyl (C=O) groups is 2. The van der Waals surface area contributed by atoms with Gasteiger partial charge in [0, 0.05) is 0 Å². The smallest absolute Gasteiger partial charge is 0.256 e. The molecular weight excluding hydrogens is 218 g/mol. The first-order valence-corrected chi connectivity index (χ1v) is 5.29. The molecule has 1 aliphatic heterocycles. The summed E-state index contributed by atoms with van der Waals surface area (Å²) in [4.78, 5) is 22.9. The molecule has 1 unspecified atom stereocenters. The SMILES string of the molecule is CC1=NN(CC(N)=O)C(=O)C1c1ccccc1. The second-order valence-electron chi connectivity index (χ2n) is 3.95. The van der Waals surface area contributed by atoms with Gasteiger partial charge in [-0.1, -0.05) is 30.3 Å². The van der Waals surface area contributed by atoms with E-state index in [2.05, 4.69) is 5.10 Å². The fraction of sp³-hybridized carbons (Fsp3) is 0.250. The van der Waals surface area contributed by atoms with Crippen molar-refractivity contribution in [3.05, 3.63) is 35.9 Å². The predicted molar refractivity (Wildman–Crippen MR) is 63.2 cm³/mol. The lowest BCUT2D eigenvalue weighted by Crippen LogP contribution is -2.33. The van der Waals surface area contributed by atoms with E-state index in [1.165, 1.54) is 0 Å². The van der Waals surface area contributed by atoms with Gasteiger partial charge in [-0.3, -0.25) is 9.59 Å². The van der Waals surface area contributed by atoms with Crippen molar-refractivity contribution in [3.8, 4) is 0 Å². The van der Waals surface area contributed by atoms with E-state index in [4.69, 9.17) is 5.73 Å². The Morgan fingerprint density at radius 2 is 2.06 bits per heavy atom. The van der Waals surface area contributed by atoms with Crippen LogP contribution in [0.4, 0.5) is 0 Å². The number of carbonyl (C=O) groups excluding carboxylic acids is 2. The highest BCUT2D eigenvalue weighted by Gasteiger charge is 2.34. The average Bonchev–Trinajstić information content (AvgIpc) is 2.54. The van der Waals surface area contributed by atoms with Crippen molar-refractivity contribution in [2.45, 2.75) is 12.8 Å². The molecule has 1 atom stereocenters. The first-order chi connectivity index (χ1) is 8.09. The van der Waals surface area contributed by atoms with E-state index in [9.17, 15) is 9.59 Å². The molecule has 5 heteroatoms. The minimum atomic E-state index is -0.566. The van der Waals surface area contributed by atoms with Crippen molar-refractivity contribution < 1.29 is 9.59 Å². The third-order valence-electron chi connectivity index (χ3n) is 2.64. The largest absolute Gasteiger partial charge is 0.368 e. The first-order valence-electron chi connectivity index (χ1n) is 5.29. The molecule has 0 aromatic heterocycles. The molecule has 0 saturated carbocycles. The molecule has 0 radical (unpaired) electrons. The predicted octanol–water partition coefficient (Wildman–Crippen LogP) is 0.474. The Morgan fingerprint density at radius 3 is 2.65 bits per heavy atom. The second-order valence-corrected chi connectivity index (χ2v) is 3.95. The Kier molecular flexibility index (Phi) is 2.91. The molecular formula is C12H13N3O2. The van der Waals surface area contributed by atoms with Gasteiger partial charge >= 0.3 is 0 Å². The van der Waals surface area contributed by atoms with Crippen LogP contribution in [0.15, 0.2) is 35.4 Å². The van der Waals surface area contributed by atoms with Crippen molar-refractivity contribution in [1.29, 1.82) is 0 Å². The molecule has 2 rings (SSSR count). The van der Waals surface area contributed by atoms with Crippen molar-refractivity contribution >= 4 is 17.5 Å². The quantitative estimate of drug-likeness (QED) is 0.821. The molecule has 2 amide bonds. The summed E-state index contributed by atoms with van der Waals surface area (Å²) in [6.45, 7) is 1.61. The monoisotopic (exact) mass is 231 g/mol. The summed E-state index contributed by atoms with van der Waals surface area (Å²) in [5.41, 5.74) is 6.63. The fourth-order valence-electron chi connectivity index (χ4n) is 1.92. The van der Waals surface area contributed by atoms with Crippen LogP contribution in [-0.2, 0) is 9.59 Å². The molecule has 1 aliphatic rings. The lowest BCUT2D eigenvalue weighted by atomic mass is 9.95. The average molecular weight is 231 g/mol. The molecule has 1 heterocycles. The van der Waals surface area contributed by atoms with E-state index in [1.807, 2.05) is 30.3 Å². The van der Waals surface area contributed by atoms with Gasteiger partial charge in [-0.25, -0.2) is 5.01 Å². The Balaban J connectivity index is 2.25. The van der Waals surface area contributed by atoms with Crippen LogP contribution in [0.3, 0.4) is 0 Å². The Hall–Kier alpha value is -2.17. The summed E-state index contributed by atoms with van der Waals surface area (Å²) in [7, 11) is 0. The van der Waals surface area contributed by atoms with Gasteiger partial charge in [0.25, 0.3) is 5.91 Å². The summed E-state index contributed by atoms with van der Waals surface area (Å²) in [5.74, 6) is -1.16. The summed E-state index contributed by atoms with van der Waals surface area (Å²) in [6.07, 6.45) is 0. The van der Waals surface area contributed by atoms with E-state index >= 15 is 0 Å². The summed E-state index contributed by atoms with van der Waals surface area (Å²) in [5, 5.41) is 5.20. The minimum Gasteiger partial charge on any atom is -0.368 e. The van der Waals surface area contributed by atoms with Gasteiger partial charge in [0.15, 0.2) is 0 Å². The Labute approximate surface area is 98.9 Å². The van der Waals surface area contributed by atoms with E-state index in [1.54, 1.807) is 6.92 Å². The molecule has 1 aromatic rings. The van der Waals surface area contributed by atoms with Gasteiger partial charge in [-0.15, -0.1) is 0 Å². The number of nitrogens with two attached hydrogens (primary N) is 1. The molecule has 5 nitrogen and oxygen atoms in total. The zero-order valence-electron chi connectivity index (χ0n) is 9.46. The van der Waals surface area contributed by atoms with E-state index in [-0.39, 0.29) is 12.5 Å². The van der Waals surface area contributed by atoms with Crippen LogP contribution in [0.25, 0.3) is 0 Å². The van der Waals surface area contributed by atoms with Crippen LogP contribution in [-0.4, -0.2) is 29.1 Å². The number of benzene rings is 1. The number of hydrogen-bond acceptors (Lipinski definition) is 3. The number of amides is 2. The molecule has 0 spiro atoms. The van der Waals surface area contributed by atoms with Gasteiger partial charge in [0.05, 0.1) is 5.71 Å². The number of nitrogens with zero attached hydrogens (tertiary/aromatic N) is 2. The molecule has 0 fully saturated rings. The Bertz CT molecular complexity index is 482. The van der Waals surface area contributed by atoms with Gasteiger partial charge in [-0.05, 0) is 12.5 Å². The summed E-state index contributed by atoms with van der Waals surface area (Å²) < 4.78 is 0. The topological polar surface area (TPSA) is 75.8 Å². The highest BCUT2D eigenvalue weighted by atomic mass is 16.2. The van der Waals surface area contributed by atoms with Gasteiger partial charge in [0.1, 0.15) is 12.5 Å². The van der Waals surface area contributed by atoms with Crippen molar-refractivity contribution in [2.24, 2.45) is 10.8 Å². The highest BCUT2D eigenvalue weighted by Crippen LogP contribution is 2.25. The van der Waals surface area contributed by atoms with E-state index < -0.39 is 11.8 Å². The van der Waals surface area contributed by atoms with Crippen LogP contribution >= 0.6 is 0 Å². The standard InChI is InChI=1S/C12H13N3O2/c1-8-11(9-5-3-2-4-6-9)12(17)15(14-8)7-10(13)16/h2-6,11H,7H2,1H3,(H2,13,16). The lowest BCUT2D eigenvalue weighted by Gasteiger charge is -2.12. The molecule has 17 heavy (non-hydrogen) atoms. The molecule has 0 saturated heterocycles. The van der Waals surface area contributed by atoms with E-state index in [0.717, 1.165) is 10.6 Å². The van der Waals surface area contributed by atoms with Crippen LogP contribution in [0.2, 0.25) is 0 Å². The molecule has 1 aromatic carbocycles. The second kappa shape index (κ2) is 4.37. The van der Waals surface area contributed by atoms with Crippen molar-refractivity contribution in [3.63, 3.8) is 0 Å². The van der Waals surface area contributed by atoms with Crippen LogP contribution < -0.4 is 5.73 Å². The first kappa shape index (κ1) is 11.3. The maximum atomic E-state index is 12.1. The normalized spacial score (nSPS) is 19.4. The molecule has 0 bridgehead atoms. The lowest BCUT2D eigenvalue weighted by molar-refractivity contribution is -0.133. The van der Waals surface area contributed by atoms with Gasteiger partial charge in [0.2, 0.25) is 5.91 Å². The van der Waals surface area contributed by atoms with Gasteiger partial charge < -0.3 is 5.73 Å². The number of rotatable bonds is 3. The maximum absolute atomic E-state index is 12.1. The third kappa shape index (κ3) is 2.18. The maximum Gasteiger partial charge on any atom is 0.256 e. The van der Waals surface area contributed by atoms with E-state index in [0.29, 0.717) is 5.71 Å². The third-order valence-corrected chi connectivity index (χ3v) is 2.64. The zero-order valence-corrected chi connectivity index (χ0v) is 9.46. The minimum absolute atomic E-state index is 0.167. The summed E-state index contributed by atoms with van der Waals surface area (Å²) >= 11 is 0. The van der Waals surface area contributed by atoms with Crippen molar-refractivity contribution in [1.82, 2.24) is 5.01 Å². The van der Waals surface area contributed by atoms with Crippen LogP contribution in [0.1, 0.15) is 18.4 Å². The molecule has 2 N–H and O–H groups in total. The fourth-order valence-corrected chi connectivity index (χ4v) is 1.92. The number of hydrazone groups is 1. The number of primary amides is 1. The van der Waals surface area contributed by atoms with Gasteiger partial charge in [-0.2, -0.15) is 5.10 Å². The van der Waals surface area contributed by atoms with Crippen molar-refractivity contribution in [2.75, 3.05) is 6.54 Å². The van der Waals surface area contributed by atoms with Crippen LogP contribution in [0.5, 0.6) is 0 Å². The molecule has 0 aliphatic carbocycles. The highest BCUT2D eigenvalue weighted by molar-refractivity contribution is 6.12. The summed E-state index contributed by atoms with van der Waals surface area (Å²) in [6, 6.07) is 9.36.